The molecule has 4 N–H and O–H groups in total. The van der Waals surface area contributed by atoms with Crippen LogP contribution in [-0.4, -0.2) is 28.1 Å². The number of hydrogen-bond acceptors (Lipinski definition) is 5. The minimum absolute atomic E-state index is 0.235. The summed E-state index contributed by atoms with van der Waals surface area (Å²) in [5.74, 6) is -0.235. The number of amides is 1. The Kier molecular flexibility index (Phi) is 3.76. The van der Waals surface area contributed by atoms with Gasteiger partial charge in [0.05, 0.1) is 5.60 Å². The molecular formula is C11H17N3O2S. The van der Waals surface area contributed by atoms with E-state index in [1.807, 2.05) is 0 Å². The van der Waals surface area contributed by atoms with Crippen molar-refractivity contribution in [3.8, 4) is 0 Å². The number of hydrogen-bond donors (Lipinski definition) is 3. The zero-order valence-corrected chi connectivity index (χ0v) is 10.4. The van der Waals surface area contributed by atoms with E-state index in [4.69, 9.17) is 5.73 Å². The van der Waals surface area contributed by atoms with Gasteiger partial charge in [0.25, 0.3) is 5.91 Å². The van der Waals surface area contributed by atoms with Crippen LogP contribution in [0.25, 0.3) is 0 Å². The van der Waals surface area contributed by atoms with Gasteiger partial charge in [0.2, 0.25) is 0 Å². The molecule has 0 spiro atoms. The molecule has 5 nitrogen and oxygen atoms in total. The van der Waals surface area contributed by atoms with Crippen molar-refractivity contribution >= 4 is 17.2 Å². The second kappa shape index (κ2) is 5.12. The average Bonchev–Trinajstić information content (AvgIpc) is 2.95. The van der Waals surface area contributed by atoms with Gasteiger partial charge in [-0.25, -0.2) is 4.98 Å². The molecule has 17 heavy (non-hydrogen) atoms. The normalized spacial score (nSPS) is 18.2. The van der Waals surface area contributed by atoms with E-state index in [9.17, 15) is 9.90 Å². The van der Waals surface area contributed by atoms with Crippen LogP contribution in [0.1, 0.15) is 41.2 Å². The van der Waals surface area contributed by atoms with E-state index in [0.717, 1.165) is 30.7 Å². The van der Waals surface area contributed by atoms with Gasteiger partial charge < -0.3 is 16.2 Å². The Morgan fingerprint density at radius 3 is 2.88 bits per heavy atom. The van der Waals surface area contributed by atoms with Crippen LogP contribution >= 0.6 is 11.3 Å². The monoisotopic (exact) mass is 255 g/mol. The predicted molar refractivity (Wildman–Crippen MR) is 65.8 cm³/mol. The zero-order valence-electron chi connectivity index (χ0n) is 9.61. The minimum Gasteiger partial charge on any atom is -0.388 e. The Balaban J connectivity index is 1.88. The number of nitrogens with zero attached hydrogens (tertiary/aromatic N) is 1. The molecule has 0 saturated heterocycles. The molecule has 1 fully saturated rings. The molecule has 6 heteroatoms. The number of carbonyl (C=O) groups excluding carboxylic acids is 1. The quantitative estimate of drug-likeness (QED) is 0.736. The highest BCUT2D eigenvalue weighted by Crippen LogP contribution is 2.28. The molecule has 0 aromatic carbocycles. The Hall–Kier alpha value is -0.980. The maximum atomic E-state index is 11.8. The Morgan fingerprint density at radius 1 is 1.59 bits per heavy atom. The lowest BCUT2D eigenvalue weighted by Crippen LogP contribution is -2.40. The lowest BCUT2D eigenvalue weighted by atomic mass is 10.0. The van der Waals surface area contributed by atoms with Crippen LogP contribution in [0.4, 0.5) is 0 Å². The lowest BCUT2D eigenvalue weighted by molar-refractivity contribution is 0.0449. The first kappa shape index (κ1) is 12.5. The van der Waals surface area contributed by atoms with Crippen LogP contribution < -0.4 is 11.1 Å². The van der Waals surface area contributed by atoms with Crippen molar-refractivity contribution in [2.75, 3.05) is 6.54 Å². The van der Waals surface area contributed by atoms with Gasteiger partial charge in [0.15, 0.2) is 0 Å². The summed E-state index contributed by atoms with van der Waals surface area (Å²) >= 11 is 1.38. The molecule has 1 heterocycles. The van der Waals surface area contributed by atoms with E-state index >= 15 is 0 Å². The summed E-state index contributed by atoms with van der Waals surface area (Å²) in [6.45, 7) is 0.656. The third-order valence-corrected chi connectivity index (χ3v) is 3.94. The average molecular weight is 255 g/mol. The SMILES string of the molecule is NCc1nc(C(=O)NCC2(O)CCCC2)cs1. The highest BCUT2D eigenvalue weighted by Gasteiger charge is 2.31. The van der Waals surface area contributed by atoms with Crippen molar-refractivity contribution in [2.45, 2.75) is 37.8 Å². The van der Waals surface area contributed by atoms with E-state index in [0.29, 0.717) is 18.8 Å². The first-order valence-electron chi connectivity index (χ1n) is 5.78. The lowest BCUT2D eigenvalue weighted by Gasteiger charge is -2.21. The second-order valence-corrected chi connectivity index (χ2v) is 5.39. The molecule has 1 aliphatic rings. The van der Waals surface area contributed by atoms with Gasteiger partial charge >= 0.3 is 0 Å². The van der Waals surface area contributed by atoms with Crippen LogP contribution in [0.15, 0.2) is 5.38 Å². The van der Waals surface area contributed by atoms with Crippen molar-refractivity contribution in [3.05, 3.63) is 16.1 Å². The van der Waals surface area contributed by atoms with Gasteiger partial charge in [-0.05, 0) is 12.8 Å². The Labute approximate surface area is 104 Å². The van der Waals surface area contributed by atoms with Crippen molar-refractivity contribution in [2.24, 2.45) is 5.73 Å². The van der Waals surface area contributed by atoms with Gasteiger partial charge in [-0.1, -0.05) is 12.8 Å². The van der Waals surface area contributed by atoms with Crippen LogP contribution in [0.3, 0.4) is 0 Å². The van der Waals surface area contributed by atoms with Crippen molar-refractivity contribution in [3.63, 3.8) is 0 Å². The van der Waals surface area contributed by atoms with Gasteiger partial charge in [-0.2, -0.15) is 0 Å². The molecule has 0 bridgehead atoms. The highest BCUT2D eigenvalue weighted by atomic mass is 32.1. The molecule has 0 atom stereocenters. The number of nitrogens with one attached hydrogen (secondary N) is 1. The van der Waals surface area contributed by atoms with Crippen molar-refractivity contribution in [1.29, 1.82) is 0 Å². The van der Waals surface area contributed by atoms with Crippen LogP contribution in [0.2, 0.25) is 0 Å². The smallest absolute Gasteiger partial charge is 0.270 e. The van der Waals surface area contributed by atoms with E-state index < -0.39 is 5.60 Å². The molecule has 0 radical (unpaired) electrons. The third-order valence-electron chi connectivity index (χ3n) is 3.07. The summed E-state index contributed by atoms with van der Waals surface area (Å²) in [6.07, 6.45) is 3.58. The number of nitrogens with two attached hydrogens (primary N) is 1. The predicted octanol–water partition coefficient (Wildman–Crippen LogP) is 0.637. The molecule has 1 saturated carbocycles. The first-order chi connectivity index (χ1) is 8.13. The summed E-state index contributed by atoms with van der Waals surface area (Å²) in [5.41, 5.74) is 5.10. The zero-order chi connectivity index (χ0) is 12.3. The summed E-state index contributed by atoms with van der Waals surface area (Å²) in [6, 6.07) is 0. The van der Waals surface area contributed by atoms with Gasteiger partial charge in [-0.3, -0.25) is 4.79 Å². The molecule has 0 unspecified atom stereocenters. The molecule has 94 valence electrons. The fourth-order valence-electron chi connectivity index (χ4n) is 2.05. The first-order valence-corrected chi connectivity index (χ1v) is 6.66. The Bertz CT molecular complexity index is 399. The number of carbonyl (C=O) groups is 1. The van der Waals surface area contributed by atoms with Gasteiger partial charge in [-0.15, -0.1) is 11.3 Å². The summed E-state index contributed by atoms with van der Waals surface area (Å²) < 4.78 is 0. The molecule has 1 aromatic heterocycles. The van der Waals surface area contributed by atoms with Crippen molar-refractivity contribution in [1.82, 2.24) is 10.3 Å². The molecule has 1 amide bonds. The van der Waals surface area contributed by atoms with E-state index in [1.165, 1.54) is 11.3 Å². The molecule has 2 rings (SSSR count). The summed E-state index contributed by atoms with van der Waals surface area (Å²) in [5, 5.41) is 15.3. The summed E-state index contributed by atoms with van der Waals surface area (Å²) in [7, 11) is 0. The maximum Gasteiger partial charge on any atom is 0.270 e. The maximum absolute atomic E-state index is 11.8. The molecule has 1 aromatic rings. The van der Waals surface area contributed by atoms with Gasteiger partial charge in [0, 0.05) is 18.5 Å². The molecule has 0 aliphatic heterocycles. The fraction of sp³-hybridized carbons (Fsp3) is 0.636. The topological polar surface area (TPSA) is 88.2 Å². The summed E-state index contributed by atoms with van der Waals surface area (Å²) in [4.78, 5) is 15.9. The van der Waals surface area contributed by atoms with Crippen LogP contribution in [0.5, 0.6) is 0 Å². The number of rotatable bonds is 4. The minimum atomic E-state index is -0.720. The Morgan fingerprint density at radius 2 is 2.29 bits per heavy atom. The largest absolute Gasteiger partial charge is 0.388 e. The number of thiazole rings is 1. The number of aromatic nitrogens is 1. The highest BCUT2D eigenvalue weighted by molar-refractivity contribution is 7.09. The van der Waals surface area contributed by atoms with E-state index in [-0.39, 0.29) is 5.91 Å². The van der Waals surface area contributed by atoms with E-state index in [2.05, 4.69) is 10.3 Å². The van der Waals surface area contributed by atoms with Gasteiger partial charge in [0.1, 0.15) is 10.7 Å². The fourth-order valence-corrected chi connectivity index (χ4v) is 2.71. The second-order valence-electron chi connectivity index (χ2n) is 4.44. The van der Waals surface area contributed by atoms with Crippen LogP contribution in [-0.2, 0) is 6.54 Å². The standard InChI is InChI=1S/C11H17N3O2S/c12-5-9-14-8(6-17-9)10(15)13-7-11(16)3-1-2-4-11/h6,16H,1-5,7,12H2,(H,13,15). The third kappa shape index (κ3) is 3.02. The molecule has 1 aliphatic carbocycles. The van der Waals surface area contributed by atoms with E-state index in [1.54, 1.807) is 5.38 Å². The van der Waals surface area contributed by atoms with Crippen molar-refractivity contribution < 1.29 is 9.90 Å². The van der Waals surface area contributed by atoms with Crippen LogP contribution in [0, 0.1) is 0 Å². The molecular weight excluding hydrogens is 238 g/mol. The number of aliphatic hydroxyl groups is 1.